The van der Waals surface area contributed by atoms with Crippen LogP contribution in [0, 0.1) is 0 Å². The van der Waals surface area contributed by atoms with Gasteiger partial charge < -0.3 is 5.32 Å². The number of guanidine groups is 1. The van der Waals surface area contributed by atoms with E-state index in [1.165, 1.54) is 0 Å². The second-order valence-electron chi connectivity index (χ2n) is 4.34. The number of amides is 1. The lowest BCUT2D eigenvalue weighted by Crippen LogP contribution is -2.36. The van der Waals surface area contributed by atoms with Crippen molar-refractivity contribution >= 4 is 47.2 Å². The molecule has 1 aliphatic rings. The first-order chi connectivity index (χ1) is 9.74. The van der Waals surface area contributed by atoms with Crippen LogP contribution in [0.4, 0.5) is 11.4 Å². The fraction of sp³-hybridized carbons (Fsp3) is 0.0667. The van der Waals surface area contributed by atoms with Crippen LogP contribution in [0.3, 0.4) is 0 Å². The highest BCUT2D eigenvalue weighted by atomic mass is 35.5. The Hall–Kier alpha value is -2.04. The molecular weight excluding hydrogens is 309 g/mol. The van der Waals surface area contributed by atoms with Gasteiger partial charge in [-0.1, -0.05) is 29.8 Å². The first kappa shape index (κ1) is 15.4. The van der Waals surface area contributed by atoms with Crippen LogP contribution in [0.15, 0.2) is 59.6 Å². The molecule has 0 radical (unpaired) electrons. The molecule has 1 amide bonds. The number of nitrogens with zero attached hydrogens (tertiary/aromatic N) is 2. The van der Waals surface area contributed by atoms with Crippen molar-refractivity contribution in [2.24, 2.45) is 4.99 Å². The molecule has 0 fully saturated rings. The van der Waals surface area contributed by atoms with E-state index in [2.05, 4.69) is 10.3 Å². The zero-order valence-corrected chi connectivity index (χ0v) is 12.6. The largest absolute Gasteiger partial charge is 0.326 e. The molecule has 2 aromatic carbocycles. The summed E-state index contributed by atoms with van der Waals surface area (Å²) in [6.45, 7) is 0.158. The van der Waals surface area contributed by atoms with E-state index in [1.807, 2.05) is 42.5 Å². The molecule has 3 rings (SSSR count). The summed E-state index contributed by atoms with van der Waals surface area (Å²) in [5, 5.41) is 3.81. The van der Waals surface area contributed by atoms with Crippen LogP contribution in [0.1, 0.15) is 0 Å². The third-order valence-electron chi connectivity index (χ3n) is 2.94. The van der Waals surface area contributed by atoms with E-state index < -0.39 is 0 Å². The summed E-state index contributed by atoms with van der Waals surface area (Å²) in [4.78, 5) is 17.8. The van der Waals surface area contributed by atoms with Gasteiger partial charge in [-0.2, -0.15) is 0 Å². The summed E-state index contributed by atoms with van der Waals surface area (Å²) >= 11 is 5.85. The lowest BCUT2D eigenvalue weighted by Gasteiger charge is -2.19. The quantitative estimate of drug-likeness (QED) is 0.918. The van der Waals surface area contributed by atoms with Crippen LogP contribution >= 0.6 is 24.0 Å². The average Bonchev–Trinajstić information content (AvgIpc) is 2.83. The van der Waals surface area contributed by atoms with Crippen LogP contribution in [0.25, 0.3) is 0 Å². The number of halogens is 2. The smallest absolute Gasteiger partial charge is 0.255 e. The molecule has 0 saturated heterocycles. The van der Waals surface area contributed by atoms with Gasteiger partial charge in [0.05, 0.1) is 5.69 Å². The van der Waals surface area contributed by atoms with E-state index in [1.54, 1.807) is 17.0 Å². The number of nitrogens with one attached hydrogen (secondary N) is 1. The Kier molecular flexibility index (Phi) is 4.83. The Labute approximate surface area is 133 Å². The van der Waals surface area contributed by atoms with E-state index in [9.17, 15) is 4.79 Å². The highest BCUT2D eigenvalue weighted by molar-refractivity contribution is 6.30. The standard InChI is InChI=1S/C15H12ClN3O.ClH/c16-11-6-8-12(9-7-11)18-15-17-10-14(20)19(15)13-4-2-1-3-5-13;/h1-9H,10H2,(H,17,18);1H. The number of para-hydroxylation sites is 1. The molecule has 0 bridgehead atoms. The zero-order chi connectivity index (χ0) is 13.9. The highest BCUT2D eigenvalue weighted by Gasteiger charge is 2.26. The number of anilines is 2. The molecule has 0 atom stereocenters. The van der Waals surface area contributed by atoms with Crippen LogP contribution in [0.5, 0.6) is 0 Å². The average molecular weight is 322 g/mol. The summed E-state index contributed by atoms with van der Waals surface area (Å²) in [5.74, 6) is 0.483. The third-order valence-corrected chi connectivity index (χ3v) is 3.19. The number of carbonyl (C=O) groups is 1. The molecule has 0 aromatic heterocycles. The summed E-state index contributed by atoms with van der Waals surface area (Å²) in [6, 6.07) is 16.7. The highest BCUT2D eigenvalue weighted by Crippen LogP contribution is 2.20. The van der Waals surface area contributed by atoms with Gasteiger partial charge in [-0.05, 0) is 36.4 Å². The minimum Gasteiger partial charge on any atom is -0.326 e. The summed E-state index contributed by atoms with van der Waals surface area (Å²) < 4.78 is 0. The van der Waals surface area contributed by atoms with Gasteiger partial charge in [-0.25, -0.2) is 9.89 Å². The maximum atomic E-state index is 12.0. The van der Waals surface area contributed by atoms with Gasteiger partial charge in [-0.3, -0.25) is 4.79 Å². The Morgan fingerprint density at radius 1 is 1.05 bits per heavy atom. The summed E-state index contributed by atoms with van der Waals surface area (Å²) in [5.41, 5.74) is 1.64. The number of rotatable bonds is 2. The van der Waals surface area contributed by atoms with Crippen LogP contribution in [-0.2, 0) is 4.79 Å². The normalized spacial score (nSPS) is 13.7. The Morgan fingerprint density at radius 2 is 1.71 bits per heavy atom. The maximum absolute atomic E-state index is 12.0. The lowest BCUT2D eigenvalue weighted by atomic mass is 10.3. The second-order valence-corrected chi connectivity index (χ2v) is 4.77. The SMILES string of the molecule is Cl.O=C1CN=C(Nc2ccc(Cl)cc2)N1c1ccccc1. The van der Waals surface area contributed by atoms with E-state index in [-0.39, 0.29) is 24.9 Å². The van der Waals surface area contributed by atoms with Crippen molar-refractivity contribution in [1.29, 1.82) is 0 Å². The van der Waals surface area contributed by atoms with Crippen molar-refractivity contribution in [2.45, 2.75) is 0 Å². The molecule has 4 nitrogen and oxygen atoms in total. The van der Waals surface area contributed by atoms with Gasteiger partial charge in [0.2, 0.25) is 5.96 Å². The number of carbonyl (C=O) groups excluding carboxylic acids is 1. The summed E-state index contributed by atoms with van der Waals surface area (Å²) in [7, 11) is 0. The number of benzene rings is 2. The molecule has 1 aliphatic heterocycles. The first-order valence-electron chi connectivity index (χ1n) is 6.19. The lowest BCUT2D eigenvalue weighted by molar-refractivity contribution is -0.115. The van der Waals surface area contributed by atoms with Gasteiger partial charge in [0.25, 0.3) is 5.91 Å². The minimum absolute atomic E-state index is 0. The molecule has 0 spiro atoms. The molecule has 21 heavy (non-hydrogen) atoms. The Balaban J connectivity index is 0.00000161. The summed E-state index contributed by atoms with van der Waals surface area (Å²) in [6.07, 6.45) is 0. The minimum atomic E-state index is -0.0485. The van der Waals surface area contributed by atoms with Crippen LogP contribution < -0.4 is 10.2 Å². The van der Waals surface area contributed by atoms with Gasteiger partial charge in [0.1, 0.15) is 6.54 Å². The topological polar surface area (TPSA) is 44.7 Å². The molecule has 2 aromatic rings. The van der Waals surface area contributed by atoms with Gasteiger partial charge in [0, 0.05) is 10.7 Å². The van der Waals surface area contributed by atoms with Crippen molar-refractivity contribution in [3.8, 4) is 0 Å². The fourth-order valence-electron chi connectivity index (χ4n) is 2.00. The maximum Gasteiger partial charge on any atom is 0.255 e. The van der Waals surface area contributed by atoms with Crippen LogP contribution in [-0.4, -0.2) is 18.4 Å². The van der Waals surface area contributed by atoms with E-state index in [4.69, 9.17) is 11.6 Å². The molecule has 0 aliphatic carbocycles. The van der Waals surface area contributed by atoms with E-state index >= 15 is 0 Å². The van der Waals surface area contributed by atoms with Gasteiger partial charge in [-0.15, -0.1) is 12.4 Å². The number of hydrogen-bond acceptors (Lipinski definition) is 3. The number of hydrogen-bond donors (Lipinski definition) is 1. The molecule has 6 heteroatoms. The predicted octanol–water partition coefficient (Wildman–Crippen LogP) is 3.58. The van der Waals surface area contributed by atoms with Crippen molar-refractivity contribution < 1.29 is 4.79 Å². The molecule has 1 heterocycles. The second kappa shape index (κ2) is 6.61. The molecule has 108 valence electrons. The van der Waals surface area contributed by atoms with Crippen molar-refractivity contribution in [3.05, 3.63) is 59.6 Å². The molecule has 0 unspecified atom stereocenters. The molecule has 0 saturated carbocycles. The Bertz CT molecular complexity index is 656. The van der Waals surface area contributed by atoms with Crippen molar-refractivity contribution in [3.63, 3.8) is 0 Å². The van der Waals surface area contributed by atoms with Crippen molar-refractivity contribution in [1.82, 2.24) is 0 Å². The first-order valence-corrected chi connectivity index (χ1v) is 6.57. The number of aliphatic imine (C=N–C) groups is 1. The van der Waals surface area contributed by atoms with Crippen LogP contribution in [0.2, 0.25) is 5.02 Å². The van der Waals surface area contributed by atoms with Gasteiger partial charge in [0.15, 0.2) is 0 Å². The third kappa shape index (κ3) is 3.35. The Morgan fingerprint density at radius 3 is 2.38 bits per heavy atom. The fourth-order valence-corrected chi connectivity index (χ4v) is 2.13. The van der Waals surface area contributed by atoms with Crippen molar-refractivity contribution in [2.75, 3.05) is 16.8 Å². The molecule has 1 N–H and O–H groups in total. The monoisotopic (exact) mass is 321 g/mol. The van der Waals surface area contributed by atoms with E-state index in [0.717, 1.165) is 11.4 Å². The molecular formula is C15H13Cl2N3O. The van der Waals surface area contributed by atoms with Gasteiger partial charge >= 0.3 is 0 Å². The predicted molar refractivity (Wildman–Crippen MR) is 88.6 cm³/mol. The van der Waals surface area contributed by atoms with E-state index in [0.29, 0.717) is 11.0 Å². The zero-order valence-electron chi connectivity index (χ0n) is 11.0.